The summed E-state index contributed by atoms with van der Waals surface area (Å²) >= 11 is 5.81. The van der Waals surface area contributed by atoms with Crippen molar-refractivity contribution in [1.82, 2.24) is 4.90 Å². The summed E-state index contributed by atoms with van der Waals surface area (Å²) in [5.74, 6) is -0.0485. The van der Waals surface area contributed by atoms with Crippen LogP contribution in [-0.2, 0) is 10.4 Å². The number of hydrogen-bond donors (Lipinski definition) is 1. The van der Waals surface area contributed by atoms with Gasteiger partial charge in [-0.2, -0.15) is 0 Å². The van der Waals surface area contributed by atoms with Gasteiger partial charge in [-0.25, -0.2) is 0 Å². The van der Waals surface area contributed by atoms with Gasteiger partial charge in [-0.05, 0) is 32.3 Å². The summed E-state index contributed by atoms with van der Waals surface area (Å²) in [6.45, 7) is 4.82. The van der Waals surface area contributed by atoms with Crippen molar-refractivity contribution in [2.24, 2.45) is 0 Å². The molecule has 1 N–H and O–H groups in total. The van der Waals surface area contributed by atoms with Gasteiger partial charge in [-0.3, -0.25) is 4.79 Å². The monoisotopic (exact) mass is 281 g/mol. The fourth-order valence-electron chi connectivity index (χ4n) is 2.50. The molecule has 1 atom stereocenters. The third-order valence-electron chi connectivity index (χ3n) is 3.83. The maximum atomic E-state index is 11.8. The van der Waals surface area contributed by atoms with E-state index in [1.807, 2.05) is 31.2 Å². The van der Waals surface area contributed by atoms with Crippen molar-refractivity contribution in [3.05, 3.63) is 35.4 Å². The van der Waals surface area contributed by atoms with Gasteiger partial charge in [-0.1, -0.05) is 29.8 Å². The highest BCUT2D eigenvalue weighted by Crippen LogP contribution is 2.33. The van der Waals surface area contributed by atoms with Crippen LogP contribution in [-0.4, -0.2) is 34.4 Å². The highest BCUT2D eigenvalue weighted by molar-refractivity contribution is 6.30. The average Bonchev–Trinajstić information content (AvgIpc) is 2.39. The molecule has 2 rings (SSSR count). The topological polar surface area (TPSA) is 40.5 Å². The van der Waals surface area contributed by atoms with E-state index in [2.05, 4.69) is 0 Å². The molecule has 0 spiro atoms. The second-order valence-corrected chi connectivity index (χ2v) is 5.99. The summed E-state index contributed by atoms with van der Waals surface area (Å²) in [7, 11) is 0. The lowest BCUT2D eigenvalue weighted by Gasteiger charge is -2.39. The molecule has 19 heavy (non-hydrogen) atoms. The van der Waals surface area contributed by atoms with E-state index in [9.17, 15) is 9.90 Å². The van der Waals surface area contributed by atoms with Gasteiger partial charge in [0.1, 0.15) is 5.38 Å². The zero-order valence-electron chi connectivity index (χ0n) is 11.4. The normalized spacial score (nSPS) is 20.1. The SMILES string of the molecule is Cc1ccc(C2(O)CCN(C(=O)C(C)Cl)CC2)cc1. The maximum Gasteiger partial charge on any atom is 0.240 e. The Morgan fingerprint density at radius 3 is 2.32 bits per heavy atom. The van der Waals surface area contributed by atoms with E-state index in [4.69, 9.17) is 11.6 Å². The number of amides is 1. The minimum atomic E-state index is -0.819. The number of piperidine rings is 1. The molecule has 0 saturated carbocycles. The fourth-order valence-corrected chi connectivity index (χ4v) is 2.64. The Morgan fingerprint density at radius 1 is 1.32 bits per heavy atom. The summed E-state index contributed by atoms with van der Waals surface area (Å²) in [4.78, 5) is 13.5. The lowest BCUT2D eigenvalue weighted by atomic mass is 9.84. The van der Waals surface area contributed by atoms with Gasteiger partial charge in [0.25, 0.3) is 0 Å². The number of benzene rings is 1. The van der Waals surface area contributed by atoms with E-state index in [1.54, 1.807) is 11.8 Å². The molecule has 3 nitrogen and oxygen atoms in total. The molecule has 4 heteroatoms. The van der Waals surface area contributed by atoms with Gasteiger partial charge < -0.3 is 10.0 Å². The molecule has 1 heterocycles. The summed E-state index contributed by atoms with van der Waals surface area (Å²) < 4.78 is 0. The van der Waals surface area contributed by atoms with Crippen LogP contribution in [0.15, 0.2) is 24.3 Å². The van der Waals surface area contributed by atoms with Crippen molar-refractivity contribution in [2.45, 2.75) is 37.7 Å². The predicted molar refractivity (Wildman–Crippen MR) is 76.2 cm³/mol. The van der Waals surface area contributed by atoms with Gasteiger partial charge in [0.2, 0.25) is 5.91 Å². The minimum absolute atomic E-state index is 0.0485. The highest BCUT2D eigenvalue weighted by atomic mass is 35.5. The number of hydrogen-bond acceptors (Lipinski definition) is 2. The fraction of sp³-hybridized carbons (Fsp3) is 0.533. The smallest absolute Gasteiger partial charge is 0.240 e. The lowest BCUT2D eigenvalue weighted by Crippen LogP contribution is -2.47. The number of likely N-dealkylation sites (tertiary alicyclic amines) is 1. The Morgan fingerprint density at radius 2 is 1.84 bits per heavy atom. The van der Waals surface area contributed by atoms with Crippen LogP contribution in [0.4, 0.5) is 0 Å². The number of carbonyl (C=O) groups excluding carboxylic acids is 1. The summed E-state index contributed by atoms with van der Waals surface area (Å²) in [5.41, 5.74) is 1.29. The van der Waals surface area contributed by atoms with Crippen LogP contribution in [0.2, 0.25) is 0 Å². The zero-order valence-corrected chi connectivity index (χ0v) is 12.2. The van der Waals surface area contributed by atoms with Gasteiger partial charge in [0, 0.05) is 13.1 Å². The molecule has 0 aliphatic carbocycles. The Balaban J connectivity index is 2.06. The Bertz CT molecular complexity index is 448. The van der Waals surface area contributed by atoms with Gasteiger partial charge in [-0.15, -0.1) is 11.6 Å². The largest absolute Gasteiger partial charge is 0.385 e. The number of alkyl halides is 1. The van der Waals surface area contributed by atoms with Crippen molar-refractivity contribution in [3.63, 3.8) is 0 Å². The summed E-state index contributed by atoms with van der Waals surface area (Å²) in [6, 6.07) is 7.95. The van der Waals surface area contributed by atoms with Gasteiger partial charge in [0.05, 0.1) is 5.60 Å². The maximum absolute atomic E-state index is 11.8. The van der Waals surface area contributed by atoms with Crippen LogP contribution < -0.4 is 0 Å². The van der Waals surface area contributed by atoms with Crippen LogP contribution >= 0.6 is 11.6 Å². The zero-order chi connectivity index (χ0) is 14.0. The Hall–Kier alpha value is -1.06. The van der Waals surface area contributed by atoms with Crippen LogP contribution in [0.25, 0.3) is 0 Å². The van der Waals surface area contributed by atoms with Gasteiger partial charge >= 0.3 is 0 Å². The molecule has 1 fully saturated rings. The second kappa shape index (κ2) is 5.51. The molecule has 0 bridgehead atoms. The van der Waals surface area contributed by atoms with Crippen molar-refractivity contribution in [3.8, 4) is 0 Å². The molecule has 0 aromatic heterocycles. The highest BCUT2D eigenvalue weighted by Gasteiger charge is 2.35. The van der Waals surface area contributed by atoms with E-state index < -0.39 is 11.0 Å². The van der Waals surface area contributed by atoms with E-state index in [0.717, 1.165) is 5.56 Å². The first-order chi connectivity index (χ1) is 8.92. The Kier molecular flexibility index (Phi) is 4.16. The van der Waals surface area contributed by atoms with Crippen LogP contribution in [0.3, 0.4) is 0 Å². The first-order valence-corrected chi connectivity index (χ1v) is 7.08. The summed E-state index contributed by atoms with van der Waals surface area (Å²) in [5, 5.41) is 10.2. The molecular formula is C15H20ClNO2. The van der Waals surface area contributed by atoms with E-state index >= 15 is 0 Å². The van der Waals surface area contributed by atoms with Crippen LogP contribution in [0.5, 0.6) is 0 Å². The molecule has 0 radical (unpaired) electrons. The van der Waals surface area contributed by atoms with Crippen molar-refractivity contribution in [1.29, 1.82) is 0 Å². The minimum Gasteiger partial charge on any atom is -0.385 e. The van der Waals surface area contributed by atoms with E-state index in [-0.39, 0.29) is 5.91 Å². The number of aliphatic hydroxyl groups is 1. The van der Waals surface area contributed by atoms with Crippen molar-refractivity contribution in [2.75, 3.05) is 13.1 Å². The number of rotatable bonds is 2. The quantitative estimate of drug-likeness (QED) is 0.846. The molecular weight excluding hydrogens is 262 g/mol. The first-order valence-electron chi connectivity index (χ1n) is 6.65. The summed E-state index contributed by atoms with van der Waals surface area (Å²) in [6.07, 6.45) is 1.12. The molecule has 1 unspecified atom stereocenters. The van der Waals surface area contributed by atoms with Crippen LogP contribution in [0, 0.1) is 6.92 Å². The van der Waals surface area contributed by atoms with E-state index in [0.29, 0.717) is 25.9 Å². The average molecular weight is 282 g/mol. The lowest BCUT2D eigenvalue weighted by molar-refractivity contribution is -0.135. The molecule has 1 aromatic carbocycles. The molecule has 1 saturated heterocycles. The molecule has 1 aliphatic heterocycles. The second-order valence-electron chi connectivity index (χ2n) is 5.34. The number of carbonyl (C=O) groups is 1. The van der Waals surface area contributed by atoms with Crippen molar-refractivity contribution >= 4 is 17.5 Å². The third kappa shape index (κ3) is 3.10. The van der Waals surface area contributed by atoms with Crippen molar-refractivity contribution < 1.29 is 9.90 Å². The standard InChI is InChI=1S/C15H20ClNO2/c1-11-3-5-13(6-4-11)15(19)7-9-17(10-8-15)14(18)12(2)16/h3-6,12,19H,7-10H2,1-2H3. The number of halogens is 1. The van der Waals surface area contributed by atoms with Gasteiger partial charge in [0.15, 0.2) is 0 Å². The van der Waals surface area contributed by atoms with E-state index in [1.165, 1.54) is 5.56 Å². The first kappa shape index (κ1) is 14.4. The van der Waals surface area contributed by atoms with Crippen LogP contribution in [0.1, 0.15) is 30.9 Å². The number of nitrogens with zero attached hydrogens (tertiary/aromatic N) is 1. The molecule has 1 amide bonds. The molecule has 1 aliphatic rings. The Labute approximate surface area is 119 Å². The molecule has 104 valence electrons. The molecule has 1 aromatic rings. The third-order valence-corrected chi connectivity index (χ3v) is 4.02. The predicted octanol–water partition coefficient (Wildman–Crippen LogP) is 2.43. The number of aryl methyl sites for hydroxylation is 1.